The van der Waals surface area contributed by atoms with Crippen molar-refractivity contribution in [1.29, 1.82) is 0 Å². The van der Waals surface area contributed by atoms with E-state index < -0.39 is 0 Å². The zero-order valence-electron chi connectivity index (χ0n) is 14.8. The Hall–Kier alpha value is -1.61. The number of fused-ring (bicyclic) bond motifs is 1. The SMILES string of the molecule is CCC[N+](CC)(CCC)CCOC(=O)C1=CCc2ccccc21. The molecule has 0 spiro atoms. The molecular formula is C20H30NO2+. The highest BCUT2D eigenvalue weighted by molar-refractivity contribution is 6.18. The number of esters is 1. The fourth-order valence-corrected chi connectivity index (χ4v) is 3.64. The van der Waals surface area contributed by atoms with Crippen molar-refractivity contribution in [3.05, 3.63) is 41.5 Å². The van der Waals surface area contributed by atoms with Gasteiger partial charge in [0.05, 0.1) is 25.2 Å². The van der Waals surface area contributed by atoms with Gasteiger partial charge in [-0.3, -0.25) is 0 Å². The minimum Gasteiger partial charge on any atom is -0.456 e. The maximum atomic E-state index is 12.4. The number of quaternary nitrogens is 1. The number of benzene rings is 1. The Kier molecular flexibility index (Phi) is 6.40. The molecule has 2 rings (SSSR count). The Balaban J connectivity index is 1.92. The molecule has 0 aliphatic heterocycles. The Labute approximate surface area is 140 Å². The zero-order chi connectivity index (χ0) is 16.7. The summed E-state index contributed by atoms with van der Waals surface area (Å²) < 4.78 is 6.66. The van der Waals surface area contributed by atoms with E-state index in [0.29, 0.717) is 6.61 Å². The minimum absolute atomic E-state index is 0.169. The smallest absolute Gasteiger partial charge is 0.338 e. The van der Waals surface area contributed by atoms with Crippen LogP contribution >= 0.6 is 0 Å². The van der Waals surface area contributed by atoms with E-state index in [0.717, 1.165) is 48.2 Å². The van der Waals surface area contributed by atoms with Crippen molar-refractivity contribution < 1.29 is 14.0 Å². The number of nitrogens with zero attached hydrogens (tertiary/aromatic N) is 1. The maximum absolute atomic E-state index is 12.4. The molecule has 0 amide bonds. The number of carbonyl (C=O) groups is 1. The van der Waals surface area contributed by atoms with Crippen molar-refractivity contribution >= 4 is 11.5 Å². The fourth-order valence-electron chi connectivity index (χ4n) is 3.64. The van der Waals surface area contributed by atoms with Crippen LogP contribution in [-0.4, -0.2) is 43.2 Å². The molecule has 0 bridgehead atoms. The van der Waals surface area contributed by atoms with Gasteiger partial charge in [-0.25, -0.2) is 4.79 Å². The first kappa shape index (κ1) is 17.7. The molecule has 126 valence electrons. The first-order chi connectivity index (χ1) is 11.2. The standard InChI is InChI=1S/C20H30NO2/c1-4-13-21(6-3,14-5-2)15-16-23-20(22)19-12-11-17-9-7-8-10-18(17)19/h7-10,12H,4-6,11,13-16H2,1-3H3/q+1. The van der Waals surface area contributed by atoms with Crippen molar-refractivity contribution in [3.8, 4) is 0 Å². The molecule has 0 heterocycles. The van der Waals surface area contributed by atoms with Crippen LogP contribution in [0.3, 0.4) is 0 Å². The van der Waals surface area contributed by atoms with Crippen LogP contribution in [0.4, 0.5) is 0 Å². The van der Waals surface area contributed by atoms with Gasteiger partial charge in [-0.2, -0.15) is 0 Å². The number of rotatable bonds is 9. The van der Waals surface area contributed by atoms with E-state index in [2.05, 4.69) is 26.8 Å². The highest BCUT2D eigenvalue weighted by Crippen LogP contribution is 2.27. The lowest BCUT2D eigenvalue weighted by atomic mass is 10.1. The van der Waals surface area contributed by atoms with Gasteiger partial charge in [0.1, 0.15) is 13.2 Å². The number of carbonyl (C=O) groups excluding carboxylic acids is 1. The third kappa shape index (κ3) is 4.23. The normalized spacial score (nSPS) is 13.6. The predicted octanol–water partition coefficient (Wildman–Crippen LogP) is 3.83. The summed E-state index contributed by atoms with van der Waals surface area (Å²) >= 11 is 0. The average Bonchev–Trinajstić information content (AvgIpc) is 2.99. The van der Waals surface area contributed by atoms with Crippen molar-refractivity contribution in [2.75, 3.05) is 32.8 Å². The van der Waals surface area contributed by atoms with Gasteiger partial charge in [-0.05, 0) is 37.3 Å². The van der Waals surface area contributed by atoms with Crippen LogP contribution < -0.4 is 0 Å². The Bertz CT molecular complexity index is 557. The lowest BCUT2D eigenvalue weighted by Crippen LogP contribution is -2.51. The van der Waals surface area contributed by atoms with Gasteiger partial charge in [0.25, 0.3) is 0 Å². The molecule has 1 aromatic rings. The van der Waals surface area contributed by atoms with E-state index in [1.165, 1.54) is 18.4 Å². The third-order valence-electron chi connectivity index (χ3n) is 4.92. The largest absolute Gasteiger partial charge is 0.456 e. The quantitative estimate of drug-likeness (QED) is 0.511. The summed E-state index contributed by atoms with van der Waals surface area (Å²) in [5, 5.41) is 0. The molecule has 1 aliphatic rings. The first-order valence-electron chi connectivity index (χ1n) is 8.96. The van der Waals surface area contributed by atoms with Crippen molar-refractivity contribution in [1.82, 2.24) is 0 Å². The van der Waals surface area contributed by atoms with E-state index in [-0.39, 0.29) is 5.97 Å². The lowest BCUT2D eigenvalue weighted by molar-refractivity contribution is -0.926. The van der Waals surface area contributed by atoms with E-state index in [1.54, 1.807) is 0 Å². The van der Waals surface area contributed by atoms with Crippen LogP contribution in [-0.2, 0) is 16.0 Å². The monoisotopic (exact) mass is 316 g/mol. The van der Waals surface area contributed by atoms with E-state index >= 15 is 0 Å². The molecule has 1 aliphatic carbocycles. The molecule has 0 fully saturated rings. The number of allylic oxidation sites excluding steroid dienone is 1. The van der Waals surface area contributed by atoms with Gasteiger partial charge in [0.2, 0.25) is 0 Å². The number of likely N-dealkylation sites (N-methyl/N-ethyl adjacent to an activating group) is 1. The summed E-state index contributed by atoms with van der Waals surface area (Å²) in [4.78, 5) is 12.4. The third-order valence-corrected chi connectivity index (χ3v) is 4.92. The zero-order valence-corrected chi connectivity index (χ0v) is 14.8. The van der Waals surface area contributed by atoms with Crippen LogP contribution in [0.1, 0.15) is 44.7 Å². The van der Waals surface area contributed by atoms with Crippen LogP contribution in [0, 0.1) is 0 Å². The molecule has 0 saturated heterocycles. The van der Waals surface area contributed by atoms with Crippen LogP contribution in [0.25, 0.3) is 5.57 Å². The van der Waals surface area contributed by atoms with Gasteiger partial charge in [0.15, 0.2) is 0 Å². The first-order valence-corrected chi connectivity index (χ1v) is 8.96. The molecule has 23 heavy (non-hydrogen) atoms. The highest BCUT2D eigenvalue weighted by Gasteiger charge is 2.25. The summed E-state index contributed by atoms with van der Waals surface area (Å²) in [6, 6.07) is 8.08. The van der Waals surface area contributed by atoms with Gasteiger partial charge >= 0.3 is 5.97 Å². The van der Waals surface area contributed by atoms with Crippen molar-refractivity contribution in [2.24, 2.45) is 0 Å². The van der Waals surface area contributed by atoms with Crippen molar-refractivity contribution in [2.45, 2.75) is 40.0 Å². The summed E-state index contributed by atoms with van der Waals surface area (Å²) in [5.41, 5.74) is 2.99. The molecule has 3 heteroatoms. The van der Waals surface area contributed by atoms with Gasteiger partial charge in [-0.15, -0.1) is 0 Å². The highest BCUT2D eigenvalue weighted by atomic mass is 16.5. The molecule has 0 unspecified atom stereocenters. The number of hydrogen-bond acceptors (Lipinski definition) is 2. The second-order valence-corrected chi connectivity index (χ2v) is 6.44. The van der Waals surface area contributed by atoms with E-state index in [1.807, 2.05) is 24.3 Å². The fraction of sp³-hybridized carbons (Fsp3) is 0.550. The molecular weight excluding hydrogens is 286 g/mol. The summed E-state index contributed by atoms with van der Waals surface area (Å²) in [6.07, 6.45) is 5.16. The number of hydrogen-bond donors (Lipinski definition) is 0. The van der Waals surface area contributed by atoms with E-state index in [4.69, 9.17) is 4.74 Å². The second-order valence-electron chi connectivity index (χ2n) is 6.44. The summed E-state index contributed by atoms with van der Waals surface area (Å²) in [6.45, 7) is 11.5. The van der Waals surface area contributed by atoms with Gasteiger partial charge in [0, 0.05) is 0 Å². The average molecular weight is 316 g/mol. The Morgan fingerprint density at radius 1 is 1.09 bits per heavy atom. The minimum atomic E-state index is -0.169. The van der Waals surface area contributed by atoms with Crippen LogP contribution in [0.5, 0.6) is 0 Å². The predicted molar refractivity (Wildman–Crippen MR) is 95.1 cm³/mol. The lowest BCUT2D eigenvalue weighted by Gasteiger charge is -2.37. The molecule has 0 atom stereocenters. The second kappa shape index (κ2) is 8.30. The molecule has 0 saturated carbocycles. The van der Waals surface area contributed by atoms with Crippen molar-refractivity contribution in [3.63, 3.8) is 0 Å². The summed E-state index contributed by atoms with van der Waals surface area (Å²) in [5.74, 6) is -0.169. The van der Waals surface area contributed by atoms with E-state index in [9.17, 15) is 4.79 Å². The van der Waals surface area contributed by atoms with Crippen LogP contribution in [0.15, 0.2) is 30.3 Å². The molecule has 3 nitrogen and oxygen atoms in total. The Morgan fingerprint density at radius 3 is 2.43 bits per heavy atom. The van der Waals surface area contributed by atoms with Gasteiger partial charge in [-0.1, -0.05) is 44.2 Å². The summed E-state index contributed by atoms with van der Waals surface area (Å²) in [7, 11) is 0. The van der Waals surface area contributed by atoms with Gasteiger partial charge < -0.3 is 9.22 Å². The molecule has 1 aromatic carbocycles. The number of ether oxygens (including phenoxy) is 1. The molecule has 0 radical (unpaired) electrons. The molecule has 0 aromatic heterocycles. The maximum Gasteiger partial charge on any atom is 0.338 e. The molecule has 0 N–H and O–H groups in total. The topological polar surface area (TPSA) is 26.3 Å². The van der Waals surface area contributed by atoms with Crippen LogP contribution in [0.2, 0.25) is 0 Å². The Morgan fingerprint density at radius 2 is 1.78 bits per heavy atom.